The van der Waals surface area contributed by atoms with Crippen molar-refractivity contribution in [2.45, 2.75) is 52.1 Å². The van der Waals surface area contributed by atoms with Crippen molar-refractivity contribution in [3.8, 4) is 0 Å². The van der Waals surface area contributed by atoms with Gasteiger partial charge >= 0.3 is 5.97 Å². The first-order valence-electron chi connectivity index (χ1n) is 7.94. The van der Waals surface area contributed by atoms with Crippen LogP contribution >= 0.6 is 0 Å². The van der Waals surface area contributed by atoms with E-state index in [2.05, 4.69) is 24.1 Å². The molecule has 0 aliphatic carbocycles. The minimum absolute atomic E-state index is 0.123. The van der Waals surface area contributed by atoms with Crippen LogP contribution in [0.5, 0.6) is 0 Å². The van der Waals surface area contributed by atoms with Crippen molar-refractivity contribution < 1.29 is 14.3 Å². The number of ether oxygens (including phenoxy) is 2. The largest absolute Gasteiger partial charge is 0.465 e. The number of nitrogens with one attached hydrogen (secondary N) is 1. The van der Waals surface area contributed by atoms with Crippen molar-refractivity contribution in [3.05, 3.63) is 0 Å². The Hall–Kier alpha value is -0.650. The van der Waals surface area contributed by atoms with Crippen LogP contribution in [0.1, 0.15) is 40.0 Å². The van der Waals surface area contributed by atoms with E-state index in [-0.39, 0.29) is 12.0 Å². The molecule has 5 nitrogen and oxygen atoms in total. The molecule has 0 aromatic rings. The fraction of sp³-hybridized carbons (Fsp3) is 0.933. The molecule has 0 saturated carbocycles. The topological polar surface area (TPSA) is 50.8 Å². The molecule has 0 aromatic heterocycles. The van der Waals surface area contributed by atoms with E-state index in [1.54, 1.807) is 0 Å². The van der Waals surface area contributed by atoms with Crippen LogP contribution in [0.25, 0.3) is 0 Å². The zero-order valence-corrected chi connectivity index (χ0v) is 13.2. The maximum Gasteiger partial charge on any atom is 0.323 e. The van der Waals surface area contributed by atoms with Gasteiger partial charge in [-0.15, -0.1) is 0 Å². The third kappa shape index (κ3) is 5.77. The van der Waals surface area contributed by atoms with Crippen molar-refractivity contribution >= 4 is 5.97 Å². The third-order valence-corrected chi connectivity index (χ3v) is 3.74. The monoisotopic (exact) mass is 286 g/mol. The summed E-state index contributed by atoms with van der Waals surface area (Å²) in [6.07, 6.45) is 2.91. The fourth-order valence-electron chi connectivity index (χ4n) is 2.52. The highest BCUT2D eigenvalue weighted by Gasteiger charge is 2.24. The molecule has 2 atom stereocenters. The van der Waals surface area contributed by atoms with Gasteiger partial charge in [0.2, 0.25) is 0 Å². The highest BCUT2D eigenvalue weighted by Crippen LogP contribution is 2.11. The first kappa shape index (κ1) is 17.4. The molecule has 118 valence electrons. The van der Waals surface area contributed by atoms with Crippen LogP contribution in [0.2, 0.25) is 0 Å². The van der Waals surface area contributed by atoms with Crippen molar-refractivity contribution in [3.63, 3.8) is 0 Å². The molecule has 1 rings (SSSR count). The molecule has 20 heavy (non-hydrogen) atoms. The summed E-state index contributed by atoms with van der Waals surface area (Å²) in [5.74, 6) is -0.123. The zero-order chi connectivity index (χ0) is 14.8. The third-order valence-electron chi connectivity index (χ3n) is 3.74. The molecule has 1 N–H and O–H groups in total. The van der Waals surface area contributed by atoms with Gasteiger partial charge in [-0.3, -0.25) is 9.69 Å². The van der Waals surface area contributed by atoms with Crippen LogP contribution in [0.3, 0.4) is 0 Å². The van der Waals surface area contributed by atoms with Crippen LogP contribution in [0.4, 0.5) is 0 Å². The van der Waals surface area contributed by atoms with Crippen LogP contribution in [-0.2, 0) is 14.3 Å². The molecule has 1 fully saturated rings. The summed E-state index contributed by atoms with van der Waals surface area (Å²) in [7, 11) is 0. The van der Waals surface area contributed by atoms with E-state index in [4.69, 9.17) is 9.47 Å². The number of esters is 1. The lowest BCUT2D eigenvalue weighted by molar-refractivity contribution is -0.146. The molecular formula is C15H30N2O3. The quantitative estimate of drug-likeness (QED) is 0.650. The van der Waals surface area contributed by atoms with Crippen molar-refractivity contribution in [1.29, 1.82) is 0 Å². The number of hydrogen-bond donors (Lipinski definition) is 1. The van der Waals surface area contributed by atoms with Gasteiger partial charge in [-0.2, -0.15) is 0 Å². The molecule has 0 amide bonds. The highest BCUT2D eigenvalue weighted by atomic mass is 16.5. The van der Waals surface area contributed by atoms with Crippen LogP contribution in [0, 0.1) is 0 Å². The Balaban J connectivity index is 2.44. The summed E-state index contributed by atoms with van der Waals surface area (Å²) in [5, 5.41) is 3.29. The van der Waals surface area contributed by atoms with E-state index in [0.717, 1.165) is 52.1 Å². The van der Waals surface area contributed by atoms with E-state index in [1.165, 1.54) is 0 Å². The van der Waals surface area contributed by atoms with Gasteiger partial charge in [0.15, 0.2) is 0 Å². The Kier molecular flexibility index (Phi) is 8.82. The number of hydrogen-bond acceptors (Lipinski definition) is 5. The Bertz CT molecular complexity index is 274. The molecule has 1 heterocycles. The average molecular weight is 286 g/mol. The van der Waals surface area contributed by atoms with E-state index in [1.807, 2.05) is 6.92 Å². The summed E-state index contributed by atoms with van der Waals surface area (Å²) in [4.78, 5) is 14.4. The second-order valence-corrected chi connectivity index (χ2v) is 5.22. The molecule has 1 aliphatic rings. The number of nitrogens with zero attached hydrogens (tertiary/aromatic N) is 1. The number of carbonyl (C=O) groups is 1. The smallest absolute Gasteiger partial charge is 0.323 e. The Labute approximate surface area is 123 Å². The Morgan fingerprint density at radius 2 is 2.25 bits per heavy atom. The van der Waals surface area contributed by atoms with Gasteiger partial charge in [0.05, 0.1) is 19.8 Å². The van der Waals surface area contributed by atoms with Gasteiger partial charge in [0.1, 0.15) is 6.04 Å². The predicted molar refractivity (Wildman–Crippen MR) is 79.8 cm³/mol. The Morgan fingerprint density at radius 3 is 2.90 bits per heavy atom. The molecule has 1 saturated heterocycles. The molecule has 0 radical (unpaired) electrons. The van der Waals surface area contributed by atoms with Crippen molar-refractivity contribution in [1.82, 2.24) is 10.2 Å². The first-order chi connectivity index (χ1) is 9.72. The van der Waals surface area contributed by atoms with Crippen LogP contribution < -0.4 is 5.32 Å². The van der Waals surface area contributed by atoms with Crippen LogP contribution in [0.15, 0.2) is 0 Å². The average Bonchev–Trinajstić information content (AvgIpc) is 2.48. The van der Waals surface area contributed by atoms with E-state index in [9.17, 15) is 4.79 Å². The van der Waals surface area contributed by atoms with Crippen LogP contribution in [-0.4, -0.2) is 62.4 Å². The summed E-state index contributed by atoms with van der Waals surface area (Å²) < 4.78 is 10.7. The van der Waals surface area contributed by atoms with E-state index >= 15 is 0 Å². The number of rotatable bonds is 9. The fourth-order valence-corrected chi connectivity index (χ4v) is 2.52. The lowest BCUT2D eigenvalue weighted by atomic mass is 10.1. The van der Waals surface area contributed by atoms with Gasteiger partial charge in [0.25, 0.3) is 0 Å². The maximum atomic E-state index is 11.9. The summed E-state index contributed by atoms with van der Waals surface area (Å²) in [6.45, 7) is 10.9. The molecule has 2 unspecified atom stereocenters. The van der Waals surface area contributed by atoms with E-state index < -0.39 is 0 Å². The molecule has 1 aliphatic heterocycles. The van der Waals surface area contributed by atoms with Gasteiger partial charge < -0.3 is 14.8 Å². The summed E-state index contributed by atoms with van der Waals surface area (Å²) in [6, 6.07) is 0.299. The van der Waals surface area contributed by atoms with Crippen molar-refractivity contribution in [2.75, 3.05) is 39.5 Å². The summed E-state index contributed by atoms with van der Waals surface area (Å²) in [5.41, 5.74) is 0. The summed E-state index contributed by atoms with van der Waals surface area (Å²) >= 11 is 0. The van der Waals surface area contributed by atoms with Gasteiger partial charge in [0, 0.05) is 19.1 Å². The number of carbonyl (C=O) groups excluding carboxylic acids is 1. The molecule has 0 aromatic carbocycles. The van der Waals surface area contributed by atoms with Gasteiger partial charge in [-0.25, -0.2) is 0 Å². The minimum Gasteiger partial charge on any atom is -0.465 e. The molecule has 0 bridgehead atoms. The Morgan fingerprint density at radius 1 is 1.45 bits per heavy atom. The SMILES string of the molecule is CCCNC(CCN1CCOCC1CC)C(=O)OCC. The second kappa shape index (κ2) is 10.1. The highest BCUT2D eigenvalue weighted by molar-refractivity contribution is 5.75. The molecule has 0 spiro atoms. The number of morpholine rings is 1. The first-order valence-corrected chi connectivity index (χ1v) is 7.94. The maximum absolute atomic E-state index is 11.9. The minimum atomic E-state index is -0.185. The second-order valence-electron chi connectivity index (χ2n) is 5.22. The molecule has 5 heteroatoms. The normalized spacial score (nSPS) is 21.6. The molecular weight excluding hydrogens is 256 g/mol. The lowest BCUT2D eigenvalue weighted by Gasteiger charge is -2.35. The standard InChI is InChI=1S/C15H30N2O3/c1-4-8-16-14(15(18)20-6-3)7-9-17-10-11-19-12-13(17)5-2/h13-14,16H,4-12H2,1-3H3. The lowest BCUT2D eigenvalue weighted by Crippen LogP contribution is -2.48. The van der Waals surface area contributed by atoms with Crippen molar-refractivity contribution in [2.24, 2.45) is 0 Å². The predicted octanol–water partition coefficient (Wildman–Crippen LogP) is 1.42. The zero-order valence-electron chi connectivity index (χ0n) is 13.2. The van der Waals surface area contributed by atoms with Gasteiger partial charge in [-0.1, -0.05) is 13.8 Å². The van der Waals surface area contributed by atoms with E-state index in [0.29, 0.717) is 12.6 Å². The van der Waals surface area contributed by atoms with Gasteiger partial charge in [-0.05, 0) is 32.7 Å².